The van der Waals surface area contributed by atoms with E-state index in [1.54, 1.807) is 69.7 Å². The maximum atomic E-state index is 12.8. The summed E-state index contributed by atoms with van der Waals surface area (Å²) in [6, 6.07) is 14.2. The van der Waals surface area contributed by atoms with E-state index in [0.717, 1.165) is 11.1 Å². The van der Waals surface area contributed by atoms with Gasteiger partial charge in [-0.3, -0.25) is 4.79 Å². The third-order valence-electron chi connectivity index (χ3n) is 4.03. The molecule has 0 aromatic heterocycles. The molecule has 0 saturated carbocycles. The highest BCUT2D eigenvalue weighted by Gasteiger charge is 2.26. The van der Waals surface area contributed by atoms with Crippen LogP contribution >= 0.6 is 0 Å². The van der Waals surface area contributed by atoms with Crippen LogP contribution < -0.4 is 9.47 Å². The molecule has 2 aromatic carbocycles. The number of nitrogens with zero attached hydrogens (tertiary/aromatic N) is 1. The first-order chi connectivity index (χ1) is 13.4. The first-order valence-electron chi connectivity index (χ1n) is 8.77. The predicted octanol–water partition coefficient (Wildman–Crippen LogP) is 2.60. The van der Waals surface area contributed by atoms with Gasteiger partial charge in [-0.05, 0) is 42.3 Å². The standard InChI is InChI=1S/C20H25NO6S/c1-4-27-20(22)15-28(23,24)21(13-16-5-9-18(25-2)10-6-16)14-17-7-11-19(26-3)12-8-17/h5-12H,4,13-15H2,1-3H3. The van der Waals surface area contributed by atoms with Gasteiger partial charge in [0, 0.05) is 13.1 Å². The Morgan fingerprint density at radius 2 is 1.29 bits per heavy atom. The largest absolute Gasteiger partial charge is 0.497 e. The van der Waals surface area contributed by atoms with Crippen LogP contribution in [0.1, 0.15) is 18.1 Å². The van der Waals surface area contributed by atoms with Crippen LogP contribution in [-0.2, 0) is 32.6 Å². The fourth-order valence-electron chi connectivity index (χ4n) is 2.56. The third-order valence-corrected chi connectivity index (χ3v) is 5.68. The zero-order chi connectivity index (χ0) is 20.6. The van der Waals surface area contributed by atoms with Gasteiger partial charge in [0.05, 0.1) is 20.8 Å². The van der Waals surface area contributed by atoms with E-state index in [1.165, 1.54) is 4.31 Å². The zero-order valence-electron chi connectivity index (χ0n) is 16.3. The highest BCUT2D eigenvalue weighted by Crippen LogP contribution is 2.19. The van der Waals surface area contributed by atoms with Crippen LogP contribution in [0.4, 0.5) is 0 Å². The maximum Gasteiger partial charge on any atom is 0.322 e. The van der Waals surface area contributed by atoms with E-state index in [2.05, 4.69) is 0 Å². The number of hydrogen-bond acceptors (Lipinski definition) is 6. The minimum absolute atomic E-state index is 0.123. The monoisotopic (exact) mass is 407 g/mol. The van der Waals surface area contributed by atoms with Crippen molar-refractivity contribution in [2.75, 3.05) is 26.6 Å². The molecule has 0 amide bonds. The summed E-state index contributed by atoms with van der Waals surface area (Å²) < 4.78 is 42.0. The smallest absolute Gasteiger partial charge is 0.322 e. The number of sulfonamides is 1. The number of carbonyl (C=O) groups excluding carboxylic acids is 1. The van der Waals surface area contributed by atoms with E-state index < -0.39 is 21.7 Å². The second-order valence-corrected chi connectivity index (χ2v) is 7.99. The fraction of sp³-hybridized carbons (Fsp3) is 0.350. The first kappa shape index (κ1) is 21.7. The lowest BCUT2D eigenvalue weighted by Gasteiger charge is -2.22. The summed E-state index contributed by atoms with van der Waals surface area (Å²) in [5.74, 6) is -0.107. The number of esters is 1. The van der Waals surface area contributed by atoms with Crippen molar-refractivity contribution in [3.8, 4) is 11.5 Å². The Labute approximate surface area is 165 Å². The maximum absolute atomic E-state index is 12.8. The number of hydrogen-bond donors (Lipinski definition) is 0. The molecule has 0 saturated heterocycles. The number of benzene rings is 2. The third kappa shape index (κ3) is 6.24. The minimum Gasteiger partial charge on any atom is -0.497 e. The second kappa shape index (κ2) is 10.1. The van der Waals surface area contributed by atoms with Crippen molar-refractivity contribution in [2.45, 2.75) is 20.0 Å². The van der Waals surface area contributed by atoms with Crippen molar-refractivity contribution in [3.63, 3.8) is 0 Å². The highest BCUT2D eigenvalue weighted by molar-refractivity contribution is 7.89. The van der Waals surface area contributed by atoms with Crippen molar-refractivity contribution < 1.29 is 27.4 Å². The molecule has 8 heteroatoms. The van der Waals surface area contributed by atoms with Crippen molar-refractivity contribution in [1.82, 2.24) is 4.31 Å². The van der Waals surface area contributed by atoms with Gasteiger partial charge in [-0.25, -0.2) is 8.42 Å². The molecule has 0 aliphatic rings. The highest BCUT2D eigenvalue weighted by atomic mass is 32.2. The Balaban J connectivity index is 2.25. The molecule has 0 aliphatic carbocycles. The molecular weight excluding hydrogens is 382 g/mol. The van der Waals surface area contributed by atoms with Crippen LogP contribution in [0.2, 0.25) is 0 Å². The average Bonchev–Trinajstić information content (AvgIpc) is 2.68. The van der Waals surface area contributed by atoms with Crippen molar-refractivity contribution in [3.05, 3.63) is 59.7 Å². The molecule has 28 heavy (non-hydrogen) atoms. The Bertz CT molecular complexity index is 813. The first-order valence-corrected chi connectivity index (χ1v) is 10.4. The van der Waals surface area contributed by atoms with Gasteiger partial charge in [0.25, 0.3) is 0 Å². The van der Waals surface area contributed by atoms with Gasteiger partial charge >= 0.3 is 5.97 Å². The molecule has 0 N–H and O–H groups in total. The summed E-state index contributed by atoms with van der Waals surface area (Å²) in [7, 11) is -0.747. The number of methoxy groups -OCH3 is 2. The van der Waals surface area contributed by atoms with Crippen LogP contribution in [0, 0.1) is 0 Å². The predicted molar refractivity (Wildman–Crippen MR) is 106 cm³/mol. The van der Waals surface area contributed by atoms with Crippen LogP contribution in [0.25, 0.3) is 0 Å². The quantitative estimate of drug-likeness (QED) is 0.563. The molecule has 0 heterocycles. The van der Waals surface area contributed by atoms with Crippen molar-refractivity contribution in [1.29, 1.82) is 0 Å². The molecule has 0 unspecified atom stereocenters. The summed E-state index contributed by atoms with van der Waals surface area (Å²) >= 11 is 0. The topological polar surface area (TPSA) is 82.1 Å². The molecule has 2 rings (SSSR count). The normalized spacial score (nSPS) is 11.3. The molecule has 7 nitrogen and oxygen atoms in total. The molecule has 0 bridgehead atoms. The van der Waals surface area contributed by atoms with Gasteiger partial charge in [-0.1, -0.05) is 24.3 Å². The Morgan fingerprint density at radius 3 is 1.64 bits per heavy atom. The van der Waals surface area contributed by atoms with Gasteiger partial charge in [0.2, 0.25) is 10.0 Å². The molecule has 0 fully saturated rings. The van der Waals surface area contributed by atoms with Gasteiger partial charge in [-0.2, -0.15) is 4.31 Å². The second-order valence-electron chi connectivity index (χ2n) is 6.03. The average molecular weight is 407 g/mol. The van der Waals surface area contributed by atoms with Gasteiger partial charge in [-0.15, -0.1) is 0 Å². The summed E-state index contributed by atoms with van der Waals surface area (Å²) in [5.41, 5.74) is 1.56. The van der Waals surface area contributed by atoms with E-state index in [4.69, 9.17) is 14.2 Å². The lowest BCUT2D eigenvalue weighted by Crippen LogP contribution is -2.35. The van der Waals surface area contributed by atoms with E-state index >= 15 is 0 Å². The number of carbonyl (C=O) groups is 1. The summed E-state index contributed by atoms with van der Waals surface area (Å²) in [4.78, 5) is 11.8. The number of ether oxygens (including phenoxy) is 3. The summed E-state index contributed by atoms with van der Waals surface area (Å²) in [6.45, 7) is 2.01. The lowest BCUT2D eigenvalue weighted by molar-refractivity contribution is -0.140. The molecular formula is C20H25NO6S. The summed E-state index contributed by atoms with van der Waals surface area (Å²) in [5, 5.41) is 0. The zero-order valence-corrected chi connectivity index (χ0v) is 17.1. The van der Waals surface area contributed by atoms with Crippen molar-refractivity contribution in [2.24, 2.45) is 0 Å². The van der Waals surface area contributed by atoms with Gasteiger partial charge < -0.3 is 14.2 Å². The Hall–Kier alpha value is -2.58. The van der Waals surface area contributed by atoms with E-state index in [-0.39, 0.29) is 19.7 Å². The van der Waals surface area contributed by atoms with Crippen molar-refractivity contribution >= 4 is 16.0 Å². The van der Waals surface area contributed by atoms with E-state index in [0.29, 0.717) is 11.5 Å². The Kier molecular flexibility index (Phi) is 7.83. The number of rotatable bonds is 10. The van der Waals surface area contributed by atoms with Crippen LogP contribution in [0.15, 0.2) is 48.5 Å². The molecule has 152 valence electrons. The van der Waals surface area contributed by atoms with Gasteiger partial charge in [0.1, 0.15) is 11.5 Å². The molecule has 0 atom stereocenters. The van der Waals surface area contributed by atoms with E-state index in [9.17, 15) is 13.2 Å². The van der Waals surface area contributed by atoms with Gasteiger partial charge in [0.15, 0.2) is 5.75 Å². The molecule has 2 aromatic rings. The van der Waals surface area contributed by atoms with Crippen LogP contribution in [0.3, 0.4) is 0 Å². The molecule has 0 spiro atoms. The Morgan fingerprint density at radius 1 is 0.857 bits per heavy atom. The summed E-state index contributed by atoms with van der Waals surface area (Å²) in [6.07, 6.45) is 0. The minimum atomic E-state index is -3.88. The van der Waals surface area contributed by atoms with E-state index in [1.807, 2.05) is 0 Å². The van der Waals surface area contributed by atoms with Crippen LogP contribution in [-0.4, -0.2) is 45.3 Å². The van der Waals surface area contributed by atoms with Crippen LogP contribution in [0.5, 0.6) is 11.5 Å². The SMILES string of the molecule is CCOC(=O)CS(=O)(=O)N(Cc1ccc(OC)cc1)Cc1ccc(OC)cc1. The molecule has 0 aliphatic heterocycles. The fourth-order valence-corrected chi connectivity index (χ4v) is 3.82. The lowest BCUT2D eigenvalue weighted by atomic mass is 10.2. The molecule has 0 radical (unpaired) electrons.